The predicted molar refractivity (Wildman–Crippen MR) is 60.1 cm³/mol. The Morgan fingerprint density at radius 3 is 2.87 bits per heavy atom. The fraction of sp³-hybridized carbons (Fsp3) is 0.417. The van der Waals surface area contributed by atoms with Crippen LogP contribution in [0, 0.1) is 0 Å². The summed E-state index contributed by atoms with van der Waals surface area (Å²) in [5.41, 5.74) is 0.887. The monoisotopic (exact) mass is 202 g/mol. The molecule has 0 amide bonds. The lowest BCUT2D eigenvalue weighted by Crippen LogP contribution is -2.28. The van der Waals surface area contributed by atoms with E-state index >= 15 is 0 Å². The summed E-state index contributed by atoms with van der Waals surface area (Å²) in [5.74, 6) is 0.998. The molecule has 3 rings (SSSR count). The zero-order valence-corrected chi connectivity index (χ0v) is 8.65. The molecule has 0 unspecified atom stereocenters. The molecule has 1 aliphatic heterocycles. The van der Waals surface area contributed by atoms with Crippen molar-refractivity contribution in [3.63, 3.8) is 0 Å². The van der Waals surface area contributed by atoms with Crippen molar-refractivity contribution >= 4 is 16.9 Å². The Hall–Kier alpha value is -1.51. The van der Waals surface area contributed by atoms with Crippen LogP contribution in [0.15, 0.2) is 28.9 Å². The van der Waals surface area contributed by atoms with Crippen LogP contribution in [0.25, 0.3) is 11.0 Å². The molecule has 3 heteroatoms. The van der Waals surface area contributed by atoms with Gasteiger partial charge in [0.05, 0.1) is 6.20 Å². The number of piperidine rings is 1. The average molecular weight is 202 g/mol. The van der Waals surface area contributed by atoms with Gasteiger partial charge in [0.2, 0.25) is 0 Å². The van der Waals surface area contributed by atoms with Crippen molar-refractivity contribution in [1.29, 1.82) is 0 Å². The smallest absolute Gasteiger partial charge is 0.196 e. The number of hydrogen-bond donors (Lipinski definition) is 0. The predicted octanol–water partition coefficient (Wildman–Crippen LogP) is 2.82. The van der Waals surface area contributed by atoms with E-state index in [1.807, 2.05) is 6.07 Å². The van der Waals surface area contributed by atoms with Crippen molar-refractivity contribution in [3.8, 4) is 0 Å². The third-order valence-corrected chi connectivity index (χ3v) is 2.98. The Kier molecular flexibility index (Phi) is 2.09. The molecular formula is C12H14N2O. The maximum atomic E-state index is 5.77. The van der Waals surface area contributed by atoms with E-state index in [9.17, 15) is 0 Å². The van der Waals surface area contributed by atoms with Crippen molar-refractivity contribution in [2.24, 2.45) is 0 Å². The number of anilines is 1. The van der Waals surface area contributed by atoms with Gasteiger partial charge in [-0.1, -0.05) is 0 Å². The molecule has 0 bridgehead atoms. The number of hydrogen-bond acceptors (Lipinski definition) is 3. The second kappa shape index (κ2) is 3.57. The molecule has 0 aromatic carbocycles. The minimum absolute atomic E-state index is 0.887. The summed E-state index contributed by atoms with van der Waals surface area (Å²) in [5, 5.41) is 1.14. The molecular weight excluding hydrogens is 188 g/mol. The van der Waals surface area contributed by atoms with E-state index in [0.717, 1.165) is 29.9 Å². The van der Waals surface area contributed by atoms with E-state index in [-0.39, 0.29) is 0 Å². The number of nitrogens with zero attached hydrogens (tertiary/aromatic N) is 2. The van der Waals surface area contributed by atoms with Crippen molar-refractivity contribution < 1.29 is 4.42 Å². The van der Waals surface area contributed by atoms with Crippen LogP contribution in [0.4, 0.5) is 5.88 Å². The van der Waals surface area contributed by atoms with E-state index in [1.165, 1.54) is 19.3 Å². The molecule has 1 aliphatic rings. The Balaban J connectivity index is 1.96. The Labute approximate surface area is 88.7 Å². The zero-order valence-electron chi connectivity index (χ0n) is 8.65. The minimum atomic E-state index is 0.887. The first-order chi connectivity index (χ1) is 7.43. The van der Waals surface area contributed by atoms with Gasteiger partial charge in [-0.05, 0) is 25.3 Å². The highest BCUT2D eigenvalue weighted by Crippen LogP contribution is 2.27. The summed E-state index contributed by atoms with van der Waals surface area (Å²) in [6.07, 6.45) is 7.48. The molecule has 0 saturated carbocycles. The molecule has 2 aromatic heterocycles. The lowest BCUT2D eigenvalue weighted by molar-refractivity contribution is 0.518. The second-order valence-electron chi connectivity index (χ2n) is 4.05. The third-order valence-electron chi connectivity index (χ3n) is 2.98. The first-order valence-corrected chi connectivity index (χ1v) is 5.52. The third kappa shape index (κ3) is 1.58. The molecule has 0 atom stereocenters. The second-order valence-corrected chi connectivity index (χ2v) is 4.05. The van der Waals surface area contributed by atoms with E-state index in [0.29, 0.717) is 0 Å². The minimum Gasteiger partial charge on any atom is -0.439 e. The van der Waals surface area contributed by atoms with Crippen LogP contribution in [-0.4, -0.2) is 18.1 Å². The van der Waals surface area contributed by atoms with Gasteiger partial charge in [-0.25, -0.2) is 0 Å². The van der Waals surface area contributed by atoms with Crippen LogP contribution in [0.1, 0.15) is 19.3 Å². The SMILES string of the molecule is c1cc2cc(N3CCCCC3)oc2cn1. The highest BCUT2D eigenvalue weighted by Gasteiger charge is 2.14. The fourth-order valence-electron chi connectivity index (χ4n) is 2.14. The maximum Gasteiger partial charge on any atom is 0.196 e. The molecule has 78 valence electrons. The summed E-state index contributed by atoms with van der Waals surface area (Å²) >= 11 is 0. The summed E-state index contributed by atoms with van der Waals surface area (Å²) in [4.78, 5) is 6.38. The molecule has 1 saturated heterocycles. The number of fused-ring (bicyclic) bond motifs is 1. The summed E-state index contributed by atoms with van der Waals surface area (Å²) in [6.45, 7) is 2.24. The van der Waals surface area contributed by atoms with Crippen LogP contribution in [0.5, 0.6) is 0 Å². The molecule has 15 heavy (non-hydrogen) atoms. The summed E-state index contributed by atoms with van der Waals surface area (Å²) in [6, 6.07) is 4.11. The van der Waals surface area contributed by atoms with E-state index < -0.39 is 0 Å². The van der Waals surface area contributed by atoms with Crippen molar-refractivity contribution in [1.82, 2.24) is 4.98 Å². The topological polar surface area (TPSA) is 29.3 Å². The van der Waals surface area contributed by atoms with Crippen LogP contribution in [-0.2, 0) is 0 Å². The van der Waals surface area contributed by atoms with Crippen LogP contribution in [0.3, 0.4) is 0 Å². The van der Waals surface area contributed by atoms with Gasteiger partial charge in [-0.3, -0.25) is 4.98 Å². The molecule has 3 heterocycles. The average Bonchev–Trinajstić information content (AvgIpc) is 2.74. The molecule has 0 spiro atoms. The van der Waals surface area contributed by atoms with E-state index in [4.69, 9.17) is 4.42 Å². The standard InChI is InChI=1S/C12H14N2O/c1-2-6-14(7-3-1)12-8-10-4-5-13-9-11(10)15-12/h4-5,8-9H,1-3,6-7H2. The Morgan fingerprint density at radius 2 is 2.07 bits per heavy atom. The fourth-order valence-corrected chi connectivity index (χ4v) is 2.14. The van der Waals surface area contributed by atoms with Crippen molar-refractivity contribution in [3.05, 3.63) is 24.5 Å². The highest BCUT2D eigenvalue weighted by molar-refractivity contribution is 5.79. The number of furan rings is 1. The number of aromatic nitrogens is 1. The molecule has 0 radical (unpaired) electrons. The van der Waals surface area contributed by atoms with Gasteiger partial charge in [0.1, 0.15) is 0 Å². The lowest BCUT2D eigenvalue weighted by atomic mass is 10.1. The lowest BCUT2D eigenvalue weighted by Gasteiger charge is -2.25. The van der Waals surface area contributed by atoms with Gasteiger partial charge in [-0.2, -0.15) is 0 Å². The summed E-state index contributed by atoms with van der Waals surface area (Å²) < 4.78 is 5.77. The highest BCUT2D eigenvalue weighted by atomic mass is 16.4. The van der Waals surface area contributed by atoms with E-state index in [2.05, 4.69) is 16.0 Å². The van der Waals surface area contributed by atoms with Crippen LogP contribution in [0.2, 0.25) is 0 Å². The summed E-state index contributed by atoms with van der Waals surface area (Å²) in [7, 11) is 0. The number of pyridine rings is 1. The normalized spacial score (nSPS) is 17.2. The quantitative estimate of drug-likeness (QED) is 0.712. The van der Waals surface area contributed by atoms with Crippen molar-refractivity contribution in [2.45, 2.75) is 19.3 Å². The van der Waals surface area contributed by atoms with Gasteiger partial charge in [0.15, 0.2) is 11.5 Å². The van der Waals surface area contributed by atoms with Crippen LogP contribution < -0.4 is 4.90 Å². The molecule has 3 nitrogen and oxygen atoms in total. The maximum absolute atomic E-state index is 5.77. The van der Waals surface area contributed by atoms with Gasteiger partial charge in [0.25, 0.3) is 0 Å². The Morgan fingerprint density at radius 1 is 1.20 bits per heavy atom. The van der Waals surface area contributed by atoms with Gasteiger partial charge in [0, 0.05) is 30.7 Å². The molecule has 0 aliphatic carbocycles. The first kappa shape index (κ1) is 8.77. The largest absolute Gasteiger partial charge is 0.439 e. The molecule has 1 fully saturated rings. The van der Waals surface area contributed by atoms with Gasteiger partial charge in [-0.15, -0.1) is 0 Å². The van der Waals surface area contributed by atoms with Gasteiger partial charge < -0.3 is 9.32 Å². The Bertz CT molecular complexity index is 424. The molecule has 0 N–H and O–H groups in total. The number of rotatable bonds is 1. The molecule has 2 aromatic rings. The zero-order chi connectivity index (χ0) is 10.1. The first-order valence-electron chi connectivity index (χ1n) is 5.52. The van der Waals surface area contributed by atoms with Crippen molar-refractivity contribution in [2.75, 3.05) is 18.0 Å². The van der Waals surface area contributed by atoms with Gasteiger partial charge >= 0.3 is 0 Å². The van der Waals surface area contributed by atoms with Crippen LogP contribution >= 0.6 is 0 Å². The van der Waals surface area contributed by atoms with E-state index in [1.54, 1.807) is 12.4 Å².